The molecule has 0 N–H and O–H groups in total. The number of hydrogen-bond donors (Lipinski definition) is 0. The molecule has 2 nitrogen and oxygen atoms in total. The summed E-state index contributed by atoms with van der Waals surface area (Å²) in [6, 6.07) is 5.63. The van der Waals surface area contributed by atoms with E-state index in [0.29, 0.717) is 17.0 Å². The van der Waals surface area contributed by atoms with Crippen LogP contribution < -0.4 is 0 Å². The summed E-state index contributed by atoms with van der Waals surface area (Å²) in [6.07, 6.45) is 3.07. The Hall–Kier alpha value is -0.800. The van der Waals surface area contributed by atoms with Crippen LogP contribution in [-0.4, -0.2) is 12.6 Å². The summed E-state index contributed by atoms with van der Waals surface area (Å²) < 4.78 is 4.77. The van der Waals surface area contributed by atoms with E-state index in [2.05, 4.69) is 15.9 Å². The third-order valence-corrected chi connectivity index (χ3v) is 2.88. The molecule has 0 amide bonds. The molecule has 0 saturated carbocycles. The average molecular weight is 304 g/mol. The molecule has 4 heteroatoms. The predicted molar refractivity (Wildman–Crippen MR) is 69.8 cm³/mol. The van der Waals surface area contributed by atoms with E-state index in [1.165, 1.54) is 6.08 Å². The van der Waals surface area contributed by atoms with Crippen molar-refractivity contribution >= 4 is 39.6 Å². The van der Waals surface area contributed by atoms with Gasteiger partial charge in [0, 0.05) is 16.4 Å². The van der Waals surface area contributed by atoms with Gasteiger partial charge in [-0.15, -0.1) is 0 Å². The third kappa shape index (κ3) is 3.99. The molecule has 1 aromatic rings. The van der Waals surface area contributed by atoms with Crippen molar-refractivity contribution in [2.24, 2.45) is 0 Å². The highest BCUT2D eigenvalue weighted by molar-refractivity contribution is 9.08. The van der Waals surface area contributed by atoms with Gasteiger partial charge in [-0.05, 0) is 30.2 Å². The lowest BCUT2D eigenvalue weighted by Crippen LogP contribution is -1.98. The Bertz CT molecular complexity index is 402. The highest BCUT2D eigenvalue weighted by Gasteiger charge is 1.99. The molecule has 0 fully saturated rings. The van der Waals surface area contributed by atoms with Gasteiger partial charge < -0.3 is 4.74 Å². The summed E-state index contributed by atoms with van der Waals surface area (Å²) >= 11 is 9.36. The lowest BCUT2D eigenvalue weighted by atomic mass is 10.1. The molecule has 1 aromatic carbocycles. The van der Waals surface area contributed by atoms with Crippen LogP contribution in [0.4, 0.5) is 0 Å². The molecule has 0 aliphatic rings. The smallest absolute Gasteiger partial charge is 0.330 e. The van der Waals surface area contributed by atoms with Crippen molar-refractivity contribution in [3.8, 4) is 0 Å². The molecule has 1 rings (SSSR count). The number of halogens is 2. The van der Waals surface area contributed by atoms with Gasteiger partial charge in [-0.25, -0.2) is 4.79 Å². The van der Waals surface area contributed by atoms with E-state index >= 15 is 0 Å². The monoisotopic (exact) mass is 302 g/mol. The second-order valence-corrected chi connectivity index (χ2v) is 4.04. The van der Waals surface area contributed by atoms with Crippen molar-refractivity contribution in [3.05, 3.63) is 40.4 Å². The molecule has 0 heterocycles. The zero-order valence-corrected chi connectivity index (χ0v) is 11.2. The minimum absolute atomic E-state index is 0.344. The highest BCUT2D eigenvalue weighted by atomic mass is 79.9. The van der Waals surface area contributed by atoms with Crippen LogP contribution >= 0.6 is 27.5 Å². The molecule has 0 aliphatic heterocycles. The number of benzene rings is 1. The zero-order chi connectivity index (χ0) is 12.0. The summed E-state index contributed by atoms with van der Waals surface area (Å²) in [7, 11) is 0. The topological polar surface area (TPSA) is 26.3 Å². The van der Waals surface area contributed by atoms with Crippen LogP contribution in [0.1, 0.15) is 18.1 Å². The van der Waals surface area contributed by atoms with Crippen molar-refractivity contribution in [3.63, 3.8) is 0 Å². The van der Waals surface area contributed by atoms with Crippen LogP contribution in [0.15, 0.2) is 24.3 Å². The molecular weight excluding hydrogens is 291 g/mol. The van der Waals surface area contributed by atoms with E-state index in [1.54, 1.807) is 13.0 Å². The first-order valence-electron chi connectivity index (χ1n) is 4.86. The number of alkyl halides is 1. The van der Waals surface area contributed by atoms with E-state index in [0.717, 1.165) is 11.1 Å². The first kappa shape index (κ1) is 13.3. The van der Waals surface area contributed by atoms with E-state index in [-0.39, 0.29) is 5.97 Å². The van der Waals surface area contributed by atoms with Gasteiger partial charge in [-0.3, -0.25) is 0 Å². The van der Waals surface area contributed by atoms with Crippen LogP contribution in [-0.2, 0) is 14.9 Å². The number of carbonyl (C=O) groups is 1. The number of carbonyl (C=O) groups excluding carboxylic acids is 1. The van der Waals surface area contributed by atoms with Crippen LogP contribution in [0.2, 0.25) is 5.02 Å². The largest absolute Gasteiger partial charge is 0.463 e. The minimum atomic E-state index is -0.344. The quantitative estimate of drug-likeness (QED) is 0.480. The molecule has 0 unspecified atom stereocenters. The first-order chi connectivity index (χ1) is 7.67. The Morgan fingerprint density at radius 1 is 1.56 bits per heavy atom. The van der Waals surface area contributed by atoms with Gasteiger partial charge in [0.05, 0.1) is 6.61 Å². The maximum atomic E-state index is 11.1. The second kappa shape index (κ2) is 6.71. The molecule has 0 radical (unpaired) electrons. The fourth-order valence-electron chi connectivity index (χ4n) is 1.13. The maximum absolute atomic E-state index is 11.1. The minimum Gasteiger partial charge on any atom is -0.463 e. The maximum Gasteiger partial charge on any atom is 0.330 e. The molecule has 16 heavy (non-hydrogen) atoms. The third-order valence-electron chi connectivity index (χ3n) is 1.92. The van der Waals surface area contributed by atoms with Crippen LogP contribution in [0.5, 0.6) is 0 Å². The van der Waals surface area contributed by atoms with Crippen molar-refractivity contribution in [1.29, 1.82) is 0 Å². The lowest BCUT2D eigenvalue weighted by Gasteiger charge is -2.01. The SMILES string of the molecule is CCOC(=O)/C=C/c1ccc(CBr)c(Cl)c1. The van der Waals surface area contributed by atoms with E-state index < -0.39 is 0 Å². The predicted octanol–water partition coefficient (Wildman–Crippen LogP) is 3.81. The number of ether oxygens (including phenoxy) is 1. The van der Waals surface area contributed by atoms with E-state index in [9.17, 15) is 4.79 Å². The van der Waals surface area contributed by atoms with Gasteiger partial charge in [0.25, 0.3) is 0 Å². The van der Waals surface area contributed by atoms with Gasteiger partial charge in [-0.2, -0.15) is 0 Å². The number of hydrogen-bond acceptors (Lipinski definition) is 2. The van der Waals surface area contributed by atoms with Crippen molar-refractivity contribution in [1.82, 2.24) is 0 Å². The van der Waals surface area contributed by atoms with Crippen LogP contribution in [0.25, 0.3) is 6.08 Å². The molecule has 0 bridgehead atoms. The van der Waals surface area contributed by atoms with Gasteiger partial charge in [0.15, 0.2) is 0 Å². The molecule has 0 spiro atoms. The molecule has 0 aromatic heterocycles. The number of esters is 1. The zero-order valence-electron chi connectivity index (χ0n) is 8.87. The summed E-state index contributed by atoms with van der Waals surface area (Å²) in [5.74, 6) is -0.344. The molecular formula is C12H12BrClO2. The summed E-state index contributed by atoms with van der Waals surface area (Å²) in [5, 5.41) is 1.40. The highest BCUT2D eigenvalue weighted by Crippen LogP contribution is 2.20. The molecule has 0 aliphatic carbocycles. The number of rotatable bonds is 4. The van der Waals surface area contributed by atoms with Crippen molar-refractivity contribution in [2.75, 3.05) is 6.61 Å². The van der Waals surface area contributed by atoms with Gasteiger partial charge >= 0.3 is 5.97 Å². The van der Waals surface area contributed by atoms with E-state index in [1.807, 2.05) is 18.2 Å². The fraction of sp³-hybridized carbons (Fsp3) is 0.250. The molecule has 0 saturated heterocycles. The first-order valence-corrected chi connectivity index (χ1v) is 6.36. The fourth-order valence-corrected chi connectivity index (χ4v) is 2.04. The van der Waals surface area contributed by atoms with Crippen LogP contribution in [0.3, 0.4) is 0 Å². The molecule has 0 atom stereocenters. The van der Waals surface area contributed by atoms with Gasteiger partial charge in [0.2, 0.25) is 0 Å². The van der Waals surface area contributed by atoms with Crippen molar-refractivity contribution < 1.29 is 9.53 Å². The van der Waals surface area contributed by atoms with E-state index in [4.69, 9.17) is 16.3 Å². The van der Waals surface area contributed by atoms with Crippen LogP contribution in [0, 0.1) is 0 Å². The van der Waals surface area contributed by atoms with Gasteiger partial charge in [-0.1, -0.05) is 39.7 Å². The Kier molecular flexibility index (Phi) is 5.56. The Balaban J connectivity index is 2.75. The molecule has 86 valence electrons. The Morgan fingerprint density at radius 2 is 2.31 bits per heavy atom. The average Bonchev–Trinajstić information content (AvgIpc) is 2.27. The Labute approximate surface area is 108 Å². The summed E-state index contributed by atoms with van der Waals surface area (Å²) in [4.78, 5) is 11.1. The van der Waals surface area contributed by atoms with Crippen molar-refractivity contribution in [2.45, 2.75) is 12.3 Å². The van der Waals surface area contributed by atoms with Gasteiger partial charge in [0.1, 0.15) is 0 Å². The summed E-state index contributed by atoms with van der Waals surface area (Å²) in [5.41, 5.74) is 1.90. The standard InChI is InChI=1S/C12H12BrClO2/c1-2-16-12(15)6-4-9-3-5-10(8-13)11(14)7-9/h3-7H,2,8H2,1H3/b6-4+. The second-order valence-electron chi connectivity index (χ2n) is 3.07. The summed E-state index contributed by atoms with van der Waals surface area (Å²) in [6.45, 7) is 2.15. The Morgan fingerprint density at radius 3 is 2.88 bits per heavy atom. The normalized spacial score (nSPS) is 10.7. The lowest BCUT2D eigenvalue weighted by molar-refractivity contribution is -0.137.